The maximum atomic E-state index is 6.24. The van der Waals surface area contributed by atoms with Gasteiger partial charge in [-0.05, 0) is 37.5 Å². The van der Waals surface area contributed by atoms with E-state index in [1.54, 1.807) is 0 Å². The van der Waals surface area contributed by atoms with Gasteiger partial charge in [0, 0.05) is 6.54 Å². The van der Waals surface area contributed by atoms with Crippen molar-refractivity contribution in [2.75, 3.05) is 6.54 Å². The van der Waals surface area contributed by atoms with E-state index in [0.717, 1.165) is 11.8 Å². The van der Waals surface area contributed by atoms with Gasteiger partial charge < -0.3 is 10.5 Å². The van der Waals surface area contributed by atoms with E-state index in [9.17, 15) is 0 Å². The molecule has 14 heavy (non-hydrogen) atoms. The molecule has 2 heteroatoms. The molecule has 1 aliphatic heterocycles. The van der Waals surface area contributed by atoms with Gasteiger partial charge in [-0.25, -0.2) is 0 Å². The Kier molecular flexibility index (Phi) is 2.85. The van der Waals surface area contributed by atoms with Gasteiger partial charge in [0.2, 0.25) is 0 Å². The number of hydrogen-bond acceptors (Lipinski definition) is 2. The molecular formula is C12H23NO. The molecule has 0 bridgehead atoms. The van der Waals surface area contributed by atoms with E-state index in [0.29, 0.717) is 12.6 Å². The number of hydrogen-bond donors (Lipinski definition) is 1. The first-order chi connectivity index (χ1) is 6.69. The Hall–Kier alpha value is -0.0800. The van der Waals surface area contributed by atoms with Crippen LogP contribution in [0.25, 0.3) is 0 Å². The van der Waals surface area contributed by atoms with Crippen LogP contribution in [0.1, 0.15) is 46.0 Å². The van der Waals surface area contributed by atoms with Gasteiger partial charge in [-0.2, -0.15) is 0 Å². The zero-order valence-electron chi connectivity index (χ0n) is 9.46. The maximum absolute atomic E-state index is 6.24. The van der Waals surface area contributed by atoms with E-state index >= 15 is 0 Å². The zero-order chi connectivity index (χ0) is 10.2. The molecule has 0 unspecified atom stereocenters. The van der Waals surface area contributed by atoms with Crippen molar-refractivity contribution in [2.45, 2.75) is 57.7 Å². The lowest BCUT2D eigenvalue weighted by atomic mass is 9.68. The Morgan fingerprint density at radius 3 is 2.36 bits per heavy atom. The Bertz CT molecular complexity index is 194. The summed E-state index contributed by atoms with van der Waals surface area (Å²) in [7, 11) is 0. The second-order valence-electron chi connectivity index (χ2n) is 5.20. The van der Waals surface area contributed by atoms with Crippen molar-refractivity contribution in [3.63, 3.8) is 0 Å². The minimum absolute atomic E-state index is 0.183. The van der Waals surface area contributed by atoms with Crippen LogP contribution in [0.3, 0.4) is 0 Å². The van der Waals surface area contributed by atoms with Gasteiger partial charge in [0.25, 0.3) is 0 Å². The second kappa shape index (κ2) is 3.82. The van der Waals surface area contributed by atoms with Crippen LogP contribution in [0, 0.1) is 11.8 Å². The Morgan fingerprint density at radius 2 is 1.86 bits per heavy atom. The fourth-order valence-electron chi connectivity index (χ4n) is 3.41. The summed E-state index contributed by atoms with van der Waals surface area (Å²) in [6.07, 6.45) is 6.78. The quantitative estimate of drug-likeness (QED) is 0.700. The van der Waals surface area contributed by atoms with Gasteiger partial charge in [-0.3, -0.25) is 0 Å². The lowest BCUT2D eigenvalue weighted by Crippen LogP contribution is -2.46. The molecule has 1 saturated carbocycles. The van der Waals surface area contributed by atoms with Crippen molar-refractivity contribution in [1.29, 1.82) is 0 Å². The highest BCUT2D eigenvalue weighted by molar-refractivity contribution is 4.99. The highest BCUT2D eigenvalue weighted by Crippen LogP contribution is 2.48. The van der Waals surface area contributed by atoms with Gasteiger partial charge in [0.05, 0.1) is 11.7 Å². The molecule has 0 aromatic heterocycles. The third-order valence-corrected chi connectivity index (χ3v) is 4.45. The summed E-state index contributed by atoms with van der Waals surface area (Å²) < 4.78 is 6.24. The van der Waals surface area contributed by atoms with Crippen LogP contribution in [0.15, 0.2) is 0 Å². The summed E-state index contributed by atoms with van der Waals surface area (Å²) >= 11 is 0. The largest absolute Gasteiger partial charge is 0.370 e. The van der Waals surface area contributed by atoms with Crippen LogP contribution < -0.4 is 5.73 Å². The molecule has 2 aliphatic rings. The van der Waals surface area contributed by atoms with Crippen molar-refractivity contribution in [2.24, 2.45) is 17.6 Å². The first kappa shape index (κ1) is 10.4. The van der Waals surface area contributed by atoms with E-state index < -0.39 is 0 Å². The molecule has 1 saturated heterocycles. The molecule has 1 aliphatic carbocycles. The van der Waals surface area contributed by atoms with Crippen LogP contribution >= 0.6 is 0 Å². The average Bonchev–Trinajstić information content (AvgIpc) is 2.60. The van der Waals surface area contributed by atoms with Crippen molar-refractivity contribution < 1.29 is 4.74 Å². The molecule has 3 atom stereocenters. The van der Waals surface area contributed by atoms with Gasteiger partial charge in [0.1, 0.15) is 0 Å². The molecule has 2 fully saturated rings. The topological polar surface area (TPSA) is 35.2 Å². The lowest BCUT2D eigenvalue weighted by Gasteiger charge is -2.44. The van der Waals surface area contributed by atoms with Gasteiger partial charge in [0.15, 0.2) is 0 Å². The Morgan fingerprint density at radius 1 is 1.21 bits per heavy atom. The second-order valence-corrected chi connectivity index (χ2v) is 5.20. The third kappa shape index (κ3) is 1.49. The van der Waals surface area contributed by atoms with Gasteiger partial charge >= 0.3 is 0 Å². The van der Waals surface area contributed by atoms with Crippen LogP contribution in [0.4, 0.5) is 0 Å². The van der Waals surface area contributed by atoms with E-state index in [1.165, 1.54) is 32.1 Å². The molecular weight excluding hydrogens is 174 g/mol. The fraction of sp³-hybridized carbons (Fsp3) is 1.00. The van der Waals surface area contributed by atoms with Gasteiger partial charge in [-0.1, -0.05) is 20.3 Å². The smallest absolute Gasteiger partial charge is 0.0738 e. The van der Waals surface area contributed by atoms with Gasteiger partial charge in [-0.15, -0.1) is 0 Å². The highest BCUT2D eigenvalue weighted by atomic mass is 16.5. The standard InChI is InChI=1S/C12H23NO/c1-9-4-3-5-10(2)12(9)7-6-11(8-13)14-12/h9-11H,3-8,13H2,1-2H3/t9-,10-,11+/m1/s1. The summed E-state index contributed by atoms with van der Waals surface area (Å²) in [6, 6.07) is 0. The molecule has 2 nitrogen and oxygen atoms in total. The molecule has 0 radical (unpaired) electrons. The number of ether oxygens (including phenoxy) is 1. The predicted molar refractivity (Wildman–Crippen MR) is 58.1 cm³/mol. The summed E-state index contributed by atoms with van der Waals surface area (Å²) in [5.41, 5.74) is 5.87. The predicted octanol–water partition coefficient (Wildman–Crippen LogP) is 2.32. The summed E-state index contributed by atoms with van der Waals surface area (Å²) in [6.45, 7) is 5.41. The normalized spacial score (nSPS) is 41.8. The first-order valence-corrected chi connectivity index (χ1v) is 6.07. The Labute approximate surface area is 87.2 Å². The first-order valence-electron chi connectivity index (χ1n) is 6.07. The molecule has 82 valence electrons. The van der Waals surface area contributed by atoms with Crippen LogP contribution in [-0.2, 0) is 4.74 Å². The summed E-state index contributed by atoms with van der Waals surface area (Å²) in [4.78, 5) is 0. The molecule has 2 N–H and O–H groups in total. The molecule has 2 rings (SSSR count). The molecule has 1 spiro atoms. The average molecular weight is 197 g/mol. The fourth-order valence-corrected chi connectivity index (χ4v) is 3.41. The minimum atomic E-state index is 0.183. The van der Waals surface area contributed by atoms with Crippen molar-refractivity contribution in [3.8, 4) is 0 Å². The van der Waals surface area contributed by atoms with E-state index in [1.807, 2.05) is 0 Å². The van der Waals surface area contributed by atoms with E-state index in [4.69, 9.17) is 10.5 Å². The Balaban J connectivity index is 2.12. The monoisotopic (exact) mass is 197 g/mol. The van der Waals surface area contributed by atoms with Crippen molar-refractivity contribution in [3.05, 3.63) is 0 Å². The molecule has 0 amide bonds. The SMILES string of the molecule is C[C@@H]1CCC[C@@H](C)C12CC[C@@H](CN)O2. The molecule has 1 heterocycles. The molecule has 0 aromatic rings. The number of rotatable bonds is 1. The maximum Gasteiger partial charge on any atom is 0.0738 e. The third-order valence-electron chi connectivity index (χ3n) is 4.45. The summed E-state index contributed by atoms with van der Waals surface area (Å²) in [5, 5.41) is 0. The molecule has 0 aromatic carbocycles. The van der Waals surface area contributed by atoms with Crippen LogP contribution in [0.5, 0.6) is 0 Å². The minimum Gasteiger partial charge on any atom is -0.370 e. The summed E-state index contributed by atoms with van der Waals surface area (Å²) in [5.74, 6) is 1.45. The zero-order valence-corrected chi connectivity index (χ0v) is 9.46. The van der Waals surface area contributed by atoms with Crippen LogP contribution in [0.2, 0.25) is 0 Å². The lowest BCUT2D eigenvalue weighted by molar-refractivity contribution is -0.124. The van der Waals surface area contributed by atoms with E-state index in [2.05, 4.69) is 13.8 Å². The number of nitrogens with two attached hydrogens (primary N) is 1. The van der Waals surface area contributed by atoms with Crippen molar-refractivity contribution >= 4 is 0 Å². The van der Waals surface area contributed by atoms with Crippen LogP contribution in [-0.4, -0.2) is 18.2 Å². The highest BCUT2D eigenvalue weighted by Gasteiger charge is 2.49. The van der Waals surface area contributed by atoms with Crippen molar-refractivity contribution in [1.82, 2.24) is 0 Å². The van der Waals surface area contributed by atoms with E-state index in [-0.39, 0.29) is 5.60 Å².